The van der Waals surface area contributed by atoms with Crippen LogP contribution in [0.3, 0.4) is 0 Å². The number of benzene rings is 2. The molecule has 2 aromatic carbocycles. The fourth-order valence-electron chi connectivity index (χ4n) is 1.90. The highest BCUT2D eigenvalue weighted by atomic mass is 32.2. The fourth-order valence-corrected chi connectivity index (χ4v) is 3.01. The summed E-state index contributed by atoms with van der Waals surface area (Å²) in [5.41, 5.74) is 0.434. The summed E-state index contributed by atoms with van der Waals surface area (Å²) in [7, 11) is -1.31. The van der Waals surface area contributed by atoms with Crippen molar-refractivity contribution in [2.24, 2.45) is 0 Å². The minimum absolute atomic E-state index is 0.154. The Kier molecular flexibility index (Phi) is 4.85. The van der Waals surface area contributed by atoms with Crippen molar-refractivity contribution < 1.29 is 22.3 Å². The molecule has 0 spiro atoms. The SMILES string of the molecule is CNC(=O)c1cccc(NS(=O)(=O)c2ccc(OC)cc2F)c1. The first-order valence-electron chi connectivity index (χ1n) is 6.56. The lowest BCUT2D eigenvalue weighted by atomic mass is 10.2. The smallest absolute Gasteiger partial charge is 0.264 e. The third-order valence-electron chi connectivity index (χ3n) is 3.03. The van der Waals surface area contributed by atoms with Crippen LogP contribution in [0.4, 0.5) is 10.1 Å². The number of anilines is 1. The minimum Gasteiger partial charge on any atom is -0.497 e. The van der Waals surface area contributed by atoms with Gasteiger partial charge in [0, 0.05) is 24.4 Å². The highest BCUT2D eigenvalue weighted by Gasteiger charge is 2.20. The highest BCUT2D eigenvalue weighted by molar-refractivity contribution is 7.92. The zero-order valence-corrected chi connectivity index (χ0v) is 13.3. The zero-order chi connectivity index (χ0) is 17.0. The number of carbonyl (C=O) groups excluding carboxylic acids is 1. The maximum atomic E-state index is 13.9. The van der Waals surface area contributed by atoms with Crippen molar-refractivity contribution in [3.8, 4) is 5.75 Å². The van der Waals surface area contributed by atoms with Crippen LogP contribution in [0.5, 0.6) is 5.75 Å². The van der Waals surface area contributed by atoms with Crippen LogP contribution in [0.1, 0.15) is 10.4 Å². The first-order valence-corrected chi connectivity index (χ1v) is 8.04. The predicted octanol–water partition coefficient (Wildman–Crippen LogP) is 1.99. The van der Waals surface area contributed by atoms with Crippen LogP contribution in [0.15, 0.2) is 47.4 Å². The Bertz CT molecular complexity index is 837. The van der Waals surface area contributed by atoms with Gasteiger partial charge in [0.25, 0.3) is 15.9 Å². The lowest BCUT2D eigenvalue weighted by molar-refractivity contribution is 0.0963. The van der Waals surface area contributed by atoms with E-state index in [0.29, 0.717) is 0 Å². The molecule has 23 heavy (non-hydrogen) atoms. The van der Waals surface area contributed by atoms with Crippen LogP contribution in [0, 0.1) is 5.82 Å². The lowest BCUT2D eigenvalue weighted by Crippen LogP contribution is -2.19. The molecule has 8 heteroatoms. The van der Waals surface area contributed by atoms with Gasteiger partial charge in [-0.05, 0) is 30.3 Å². The molecule has 0 atom stereocenters. The fraction of sp³-hybridized carbons (Fsp3) is 0.133. The number of rotatable bonds is 5. The largest absolute Gasteiger partial charge is 0.497 e. The van der Waals surface area contributed by atoms with Gasteiger partial charge in [-0.15, -0.1) is 0 Å². The lowest BCUT2D eigenvalue weighted by Gasteiger charge is -2.10. The highest BCUT2D eigenvalue weighted by Crippen LogP contribution is 2.23. The van der Waals surface area contributed by atoms with Crippen LogP contribution in [-0.4, -0.2) is 28.5 Å². The predicted molar refractivity (Wildman–Crippen MR) is 83.6 cm³/mol. The van der Waals surface area contributed by atoms with Crippen molar-refractivity contribution >= 4 is 21.6 Å². The summed E-state index contributed by atoms with van der Waals surface area (Å²) < 4.78 is 45.6. The number of halogens is 1. The average molecular weight is 338 g/mol. The van der Waals surface area contributed by atoms with Crippen LogP contribution in [-0.2, 0) is 10.0 Å². The first kappa shape index (κ1) is 16.8. The Morgan fingerprint density at radius 2 is 1.91 bits per heavy atom. The Labute approximate surface area is 133 Å². The summed E-state index contributed by atoms with van der Waals surface area (Å²) in [6, 6.07) is 9.31. The molecule has 1 amide bonds. The Morgan fingerprint density at radius 1 is 1.17 bits per heavy atom. The van der Waals surface area contributed by atoms with E-state index >= 15 is 0 Å². The molecular formula is C15H15FN2O4S. The molecule has 0 fully saturated rings. The van der Waals surface area contributed by atoms with E-state index in [0.717, 1.165) is 12.1 Å². The zero-order valence-electron chi connectivity index (χ0n) is 12.5. The van der Waals surface area contributed by atoms with Crippen LogP contribution < -0.4 is 14.8 Å². The number of hydrogen-bond donors (Lipinski definition) is 2. The summed E-state index contributed by atoms with van der Waals surface area (Å²) in [5, 5.41) is 2.43. The van der Waals surface area contributed by atoms with Gasteiger partial charge in [-0.1, -0.05) is 6.07 Å². The van der Waals surface area contributed by atoms with Gasteiger partial charge in [-0.25, -0.2) is 12.8 Å². The van der Waals surface area contributed by atoms with Crippen molar-refractivity contribution in [2.45, 2.75) is 4.90 Å². The number of amides is 1. The molecule has 2 aromatic rings. The van der Waals surface area contributed by atoms with E-state index in [-0.39, 0.29) is 22.9 Å². The van der Waals surface area contributed by atoms with Gasteiger partial charge in [-0.3, -0.25) is 9.52 Å². The van der Waals surface area contributed by atoms with Crippen LogP contribution in [0.25, 0.3) is 0 Å². The molecule has 0 aliphatic rings. The summed E-state index contributed by atoms with van der Waals surface area (Å²) in [6.45, 7) is 0. The van der Waals surface area contributed by atoms with Crippen molar-refractivity contribution in [1.29, 1.82) is 0 Å². The van der Waals surface area contributed by atoms with E-state index in [4.69, 9.17) is 4.74 Å². The van der Waals surface area contributed by atoms with E-state index in [1.165, 1.54) is 44.5 Å². The van der Waals surface area contributed by atoms with Gasteiger partial charge in [-0.2, -0.15) is 0 Å². The minimum atomic E-state index is -4.13. The van der Waals surface area contributed by atoms with Crippen LogP contribution in [0.2, 0.25) is 0 Å². The summed E-state index contributed by atoms with van der Waals surface area (Å²) in [6.07, 6.45) is 0. The van der Waals surface area contributed by atoms with E-state index in [2.05, 4.69) is 10.0 Å². The molecule has 0 saturated heterocycles. The van der Waals surface area contributed by atoms with E-state index in [9.17, 15) is 17.6 Å². The summed E-state index contributed by atoms with van der Waals surface area (Å²) >= 11 is 0. The Hall–Kier alpha value is -2.61. The van der Waals surface area contributed by atoms with Gasteiger partial charge in [0.2, 0.25) is 0 Å². The maximum Gasteiger partial charge on any atom is 0.264 e. The van der Waals surface area contributed by atoms with Gasteiger partial charge in [0.05, 0.1) is 7.11 Å². The third-order valence-corrected chi connectivity index (χ3v) is 4.45. The Morgan fingerprint density at radius 3 is 2.52 bits per heavy atom. The molecular weight excluding hydrogens is 323 g/mol. The van der Waals surface area contributed by atoms with Crippen LogP contribution >= 0.6 is 0 Å². The van der Waals surface area contributed by atoms with Crippen molar-refractivity contribution in [1.82, 2.24) is 5.32 Å². The summed E-state index contributed by atoms with van der Waals surface area (Å²) in [4.78, 5) is 11.1. The van der Waals surface area contributed by atoms with Crippen molar-refractivity contribution in [3.05, 3.63) is 53.8 Å². The summed E-state index contributed by atoms with van der Waals surface area (Å²) in [5.74, 6) is -1.08. The van der Waals surface area contributed by atoms with Gasteiger partial charge < -0.3 is 10.1 Å². The molecule has 0 saturated carbocycles. The van der Waals surface area contributed by atoms with E-state index < -0.39 is 20.7 Å². The molecule has 122 valence electrons. The number of nitrogens with one attached hydrogen (secondary N) is 2. The molecule has 0 unspecified atom stereocenters. The standard InChI is InChI=1S/C15H15FN2O4S/c1-17-15(19)10-4-3-5-11(8-10)18-23(20,21)14-7-6-12(22-2)9-13(14)16/h3-9,18H,1-2H3,(H,17,19). The van der Waals surface area contributed by atoms with E-state index in [1.54, 1.807) is 0 Å². The second-order valence-corrected chi connectivity index (χ2v) is 6.21. The Balaban J connectivity index is 2.33. The van der Waals surface area contributed by atoms with E-state index in [1.807, 2.05) is 0 Å². The average Bonchev–Trinajstić information content (AvgIpc) is 2.53. The van der Waals surface area contributed by atoms with Gasteiger partial charge in [0.1, 0.15) is 16.5 Å². The number of methoxy groups -OCH3 is 1. The molecule has 6 nitrogen and oxygen atoms in total. The quantitative estimate of drug-likeness (QED) is 0.873. The molecule has 0 bridgehead atoms. The molecule has 2 N–H and O–H groups in total. The molecule has 0 aromatic heterocycles. The molecule has 2 rings (SSSR count). The normalized spacial score (nSPS) is 10.9. The molecule has 0 aliphatic carbocycles. The molecule has 0 aliphatic heterocycles. The molecule has 0 heterocycles. The third kappa shape index (κ3) is 3.78. The number of sulfonamides is 1. The van der Waals surface area contributed by atoms with Crippen molar-refractivity contribution in [3.63, 3.8) is 0 Å². The number of hydrogen-bond acceptors (Lipinski definition) is 4. The van der Waals surface area contributed by atoms with Gasteiger partial charge >= 0.3 is 0 Å². The number of ether oxygens (including phenoxy) is 1. The maximum absolute atomic E-state index is 13.9. The second kappa shape index (κ2) is 6.66. The second-order valence-electron chi connectivity index (χ2n) is 4.56. The first-order chi connectivity index (χ1) is 10.9. The molecule has 0 radical (unpaired) electrons. The number of carbonyl (C=O) groups is 1. The van der Waals surface area contributed by atoms with Gasteiger partial charge in [0.15, 0.2) is 0 Å². The topological polar surface area (TPSA) is 84.5 Å². The monoisotopic (exact) mass is 338 g/mol. The van der Waals surface area contributed by atoms with Crippen molar-refractivity contribution in [2.75, 3.05) is 18.9 Å².